The summed E-state index contributed by atoms with van der Waals surface area (Å²) in [6.45, 7) is 0. The maximum Gasteiger partial charge on any atom is 0.144 e. The minimum Gasteiger partial charge on any atom is -0.308 e. The Morgan fingerprint density at radius 3 is 3.33 bits per heavy atom. The molecule has 2 aromatic heterocycles. The van der Waals surface area contributed by atoms with E-state index in [-0.39, 0.29) is 0 Å². The van der Waals surface area contributed by atoms with Crippen LogP contribution in [0.1, 0.15) is 0 Å². The standard InChI is InChI=1S/C7H5N2/c1-3-7-8-4-2-6-9(7)5-1/h1-2,4-6H. The van der Waals surface area contributed by atoms with Gasteiger partial charge in [-0.3, -0.25) is 0 Å². The lowest BCUT2D eigenvalue weighted by atomic mass is 10.6. The second-order valence-corrected chi connectivity index (χ2v) is 1.81. The van der Waals surface area contributed by atoms with Crippen molar-refractivity contribution in [2.45, 2.75) is 0 Å². The molecule has 1 radical (unpaired) electrons. The van der Waals surface area contributed by atoms with Crippen molar-refractivity contribution in [1.82, 2.24) is 9.38 Å². The number of hydrogen-bond acceptors (Lipinski definition) is 1. The number of nitrogens with zero attached hydrogens (tertiary/aromatic N) is 2. The fraction of sp³-hybridized carbons (Fsp3) is 0. The molecule has 2 heteroatoms. The highest BCUT2D eigenvalue weighted by atomic mass is 14.9. The molecule has 0 unspecified atom stereocenters. The lowest BCUT2D eigenvalue weighted by Gasteiger charge is -1.87. The molecule has 0 amide bonds. The summed E-state index contributed by atoms with van der Waals surface area (Å²) < 4.78 is 1.92. The summed E-state index contributed by atoms with van der Waals surface area (Å²) in [6.07, 6.45) is 5.62. The third-order valence-corrected chi connectivity index (χ3v) is 1.22. The molecule has 2 rings (SSSR count). The van der Waals surface area contributed by atoms with Crippen molar-refractivity contribution in [2.24, 2.45) is 0 Å². The zero-order valence-corrected chi connectivity index (χ0v) is 4.78. The Balaban J connectivity index is 2.95. The molecule has 0 N–H and O–H groups in total. The quantitative estimate of drug-likeness (QED) is 0.505. The fourth-order valence-corrected chi connectivity index (χ4v) is 0.806. The van der Waals surface area contributed by atoms with Crippen LogP contribution in [0.25, 0.3) is 5.65 Å². The number of hydrogen-bond donors (Lipinski definition) is 0. The Morgan fingerprint density at radius 1 is 1.44 bits per heavy atom. The molecule has 0 saturated carbocycles. The molecule has 0 bridgehead atoms. The Hall–Kier alpha value is -1.31. The normalized spacial score (nSPS) is 10.2. The summed E-state index contributed by atoms with van der Waals surface area (Å²) in [5.74, 6) is 0. The zero-order valence-electron chi connectivity index (χ0n) is 4.78. The number of aromatic nitrogens is 2. The van der Waals surface area contributed by atoms with E-state index in [4.69, 9.17) is 0 Å². The molecule has 2 aromatic rings. The van der Waals surface area contributed by atoms with E-state index in [2.05, 4.69) is 11.1 Å². The lowest BCUT2D eigenvalue weighted by Crippen LogP contribution is -1.81. The van der Waals surface area contributed by atoms with E-state index in [0.717, 1.165) is 5.65 Å². The minimum absolute atomic E-state index is 0.873. The molecule has 9 heavy (non-hydrogen) atoms. The van der Waals surface area contributed by atoms with Crippen molar-refractivity contribution in [3.8, 4) is 0 Å². The highest BCUT2D eigenvalue weighted by Gasteiger charge is 1.86. The summed E-state index contributed by atoms with van der Waals surface area (Å²) in [4.78, 5) is 4.05. The van der Waals surface area contributed by atoms with E-state index < -0.39 is 0 Å². The van der Waals surface area contributed by atoms with Gasteiger partial charge in [0.15, 0.2) is 0 Å². The zero-order chi connectivity index (χ0) is 6.10. The van der Waals surface area contributed by atoms with Crippen LogP contribution in [0.15, 0.2) is 30.7 Å². The van der Waals surface area contributed by atoms with Gasteiger partial charge in [-0.1, -0.05) is 0 Å². The summed E-state index contributed by atoms with van der Waals surface area (Å²) in [7, 11) is 0. The van der Waals surface area contributed by atoms with Crippen molar-refractivity contribution >= 4 is 5.65 Å². The first kappa shape index (κ1) is 4.56. The molecule has 0 aromatic carbocycles. The van der Waals surface area contributed by atoms with E-state index in [1.807, 2.05) is 28.9 Å². The van der Waals surface area contributed by atoms with Crippen LogP contribution in [0.4, 0.5) is 0 Å². The minimum atomic E-state index is 0.873. The first-order valence-electron chi connectivity index (χ1n) is 2.76. The van der Waals surface area contributed by atoms with Crippen molar-refractivity contribution in [1.29, 1.82) is 0 Å². The van der Waals surface area contributed by atoms with E-state index >= 15 is 0 Å². The highest BCUT2D eigenvalue weighted by Crippen LogP contribution is 1.95. The summed E-state index contributed by atoms with van der Waals surface area (Å²) in [6, 6.07) is 6.71. The molecule has 0 spiro atoms. The molecule has 0 saturated heterocycles. The average Bonchev–Trinajstić information content (AvgIpc) is 2.33. The van der Waals surface area contributed by atoms with E-state index in [9.17, 15) is 0 Å². The van der Waals surface area contributed by atoms with Gasteiger partial charge in [0.05, 0.1) is 0 Å². The maximum absolute atomic E-state index is 4.05. The van der Waals surface area contributed by atoms with Gasteiger partial charge in [-0.15, -0.1) is 0 Å². The summed E-state index contributed by atoms with van der Waals surface area (Å²) in [5, 5.41) is 0. The Bertz CT molecular complexity index is 281. The maximum atomic E-state index is 4.05. The van der Waals surface area contributed by atoms with Crippen molar-refractivity contribution in [3.63, 3.8) is 0 Å². The second-order valence-electron chi connectivity index (χ2n) is 1.81. The van der Waals surface area contributed by atoms with Crippen LogP contribution >= 0.6 is 0 Å². The van der Waals surface area contributed by atoms with Gasteiger partial charge in [0.1, 0.15) is 5.65 Å². The van der Waals surface area contributed by atoms with Crippen molar-refractivity contribution < 1.29 is 0 Å². The topological polar surface area (TPSA) is 17.3 Å². The molecular formula is C7H5N2. The van der Waals surface area contributed by atoms with Crippen LogP contribution in [0.2, 0.25) is 0 Å². The van der Waals surface area contributed by atoms with Gasteiger partial charge >= 0.3 is 0 Å². The monoisotopic (exact) mass is 117 g/mol. The predicted octanol–water partition coefficient (Wildman–Crippen LogP) is 1.13. The van der Waals surface area contributed by atoms with E-state index in [0.29, 0.717) is 0 Å². The molecule has 2 heterocycles. The van der Waals surface area contributed by atoms with Crippen molar-refractivity contribution in [3.05, 3.63) is 36.8 Å². The number of fused-ring (bicyclic) bond motifs is 1. The van der Waals surface area contributed by atoms with Crippen LogP contribution in [-0.4, -0.2) is 9.38 Å². The third-order valence-electron chi connectivity index (χ3n) is 1.22. The second kappa shape index (κ2) is 1.58. The Morgan fingerprint density at radius 2 is 2.44 bits per heavy atom. The van der Waals surface area contributed by atoms with Gasteiger partial charge < -0.3 is 4.40 Å². The predicted molar refractivity (Wildman–Crippen MR) is 34.0 cm³/mol. The van der Waals surface area contributed by atoms with E-state index in [1.54, 1.807) is 6.20 Å². The smallest absolute Gasteiger partial charge is 0.144 e. The molecular weight excluding hydrogens is 112 g/mol. The Labute approximate surface area is 52.8 Å². The van der Waals surface area contributed by atoms with Crippen LogP contribution < -0.4 is 0 Å². The highest BCUT2D eigenvalue weighted by molar-refractivity contribution is 5.35. The molecule has 0 aliphatic heterocycles. The van der Waals surface area contributed by atoms with E-state index in [1.165, 1.54) is 0 Å². The Kier molecular flexibility index (Phi) is 0.803. The molecule has 0 aliphatic carbocycles. The molecule has 0 fully saturated rings. The average molecular weight is 117 g/mol. The SMILES string of the molecule is [c]1ccn2cccnc12. The van der Waals surface area contributed by atoms with Crippen LogP contribution in [0, 0.1) is 6.07 Å². The summed E-state index contributed by atoms with van der Waals surface area (Å²) in [5.41, 5.74) is 0.873. The molecule has 43 valence electrons. The van der Waals surface area contributed by atoms with Crippen LogP contribution in [0.5, 0.6) is 0 Å². The number of rotatable bonds is 0. The molecule has 0 atom stereocenters. The van der Waals surface area contributed by atoms with Gasteiger partial charge in [-0.05, 0) is 12.1 Å². The van der Waals surface area contributed by atoms with Crippen LogP contribution in [-0.2, 0) is 0 Å². The lowest BCUT2D eigenvalue weighted by molar-refractivity contribution is 1.13. The van der Waals surface area contributed by atoms with Gasteiger partial charge in [0.2, 0.25) is 0 Å². The first-order valence-corrected chi connectivity index (χ1v) is 2.76. The molecule has 2 nitrogen and oxygen atoms in total. The van der Waals surface area contributed by atoms with Crippen LogP contribution in [0.3, 0.4) is 0 Å². The largest absolute Gasteiger partial charge is 0.308 e. The van der Waals surface area contributed by atoms with Gasteiger partial charge in [-0.25, -0.2) is 4.98 Å². The third kappa shape index (κ3) is 0.598. The van der Waals surface area contributed by atoms with Crippen molar-refractivity contribution in [2.75, 3.05) is 0 Å². The first-order chi connectivity index (χ1) is 4.47. The molecule has 0 aliphatic rings. The fourth-order valence-electron chi connectivity index (χ4n) is 0.806. The van der Waals surface area contributed by atoms with Gasteiger partial charge in [0.25, 0.3) is 0 Å². The van der Waals surface area contributed by atoms with Gasteiger partial charge in [-0.2, -0.15) is 0 Å². The summed E-state index contributed by atoms with van der Waals surface area (Å²) >= 11 is 0. The van der Waals surface area contributed by atoms with Gasteiger partial charge in [0, 0.05) is 24.7 Å².